The van der Waals surface area contributed by atoms with Gasteiger partial charge in [-0.2, -0.15) is 0 Å². The van der Waals surface area contributed by atoms with E-state index < -0.39 is 0 Å². The van der Waals surface area contributed by atoms with Crippen molar-refractivity contribution in [1.29, 1.82) is 0 Å². The molecular formula is C18H20N2O. The van der Waals surface area contributed by atoms with E-state index in [1.54, 1.807) is 0 Å². The van der Waals surface area contributed by atoms with Crippen LogP contribution in [0, 0.1) is 5.92 Å². The second kappa shape index (κ2) is 4.12. The van der Waals surface area contributed by atoms with Crippen LogP contribution >= 0.6 is 0 Å². The van der Waals surface area contributed by atoms with Crippen LogP contribution in [0.25, 0.3) is 10.9 Å². The number of para-hydroxylation sites is 1. The van der Waals surface area contributed by atoms with Gasteiger partial charge in [0.1, 0.15) is 0 Å². The highest BCUT2D eigenvalue weighted by atomic mass is 16.2. The van der Waals surface area contributed by atoms with E-state index in [1.165, 1.54) is 28.6 Å². The van der Waals surface area contributed by atoms with Gasteiger partial charge in [-0.25, -0.2) is 0 Å². The maximum Gasteiger partial charge on any atom is 0.222 e. The minimum Gasteiger partial charge on any atom is -0.358 e. The molecule has 1 aromatic heterocycles. The van der Waals surface area contributed by atoms with Gasteiger partial charge in [0, 0.05) is 41.5 Å². The Morgan fingerprint density at radius 2 is 2.10 bits per heavy atom. The van der Waals surface area contributed by atoms with Crippen LogP contribution in [0.5, 0.6) is 0 Å². The molecule has 21 heavy (non-hydrogen) atoms. The zero-order chi connectivity index (χ0) is 14.0. The first-order valence-corrected chi connectivity index (χ1v) is 8.22. The second-order valence-electron chi connectivity index (χ2n) is 6.89. The average molecular weight is 280 g/mol. The van der Waals surface area contributed by atoms with Crippen LogP contribution < -0.4 is 0 Å². The molecule has 0 bridgehead atoms. The highest BCUT2D eigenvalue weighted by Crippen LogP contribution is 2.49. The molecule has 108 valence electrons. The summed E-state index contributed by atoms with van der Waals surface area (Å²) in [6, 6.07) is 9.13. The predicted molar refractivity (Wildman–Crippen MR) is 82.2 cm³/mol. The molecule has 0 radical (unpaired) electrons. The number of carbonyl (C=O) groups excluding carboxylic acids is 1. The van der Waals surface area contributed by atoms with E-state index in [0.717, 1.165) is 32.2 Å². The highest BCUT2D eigenvalue weighted by molar-refractivity contribution is 5.86. The van der Waals surface area contributed by atoms with Crippen LogP contribution in [0.2, 0.25) is 0 Å². The molecule has 1 amide bonds. The van der Waals surface area contributed by atoms with Crippen molar-refractivity contribution in [3.63, 3.8) is 0 Å². The molecule has 3 heterocycles. The number of aromatic nitrogens is 1. The Hall–Kier alpha value is -1.77. The molecule has 3 atom stereocenters. The SMILES string of the molecule is O=C1CCC[C@@H]2Cc3[nH]c4ccccc4c3[C@@H]3CCN1[C@H]23. The molecule has 1 aliphatic carbocycles. The van der Waals surface area contributed by atoms with Crippen molar-refractivity contribution in [3.05, 3.63) is 35.5 Å². The Morgan fingerprint density at radius 1 is 1.19 bits per heavy atom. The van der Waals surface area contributed by atoms with E-state index in [1.807, 2.05) is 0 Å². The third-order valence-corrected chi connectivity index (χ3v) is 5.89. The van der Waals surface area contributed by atoms with Crippen molar-refractivity contribution in [2.75, 3.05) is 6.54 Å². The van der Waals surface area contributed by atoms with Gasteiger partial charge in [0.05, 0.1) is 0 Å². The van der Waals surface area contributed by atoms with Crippen LogP contribution in [0.4, 0.5) is 0 Å². The van der Waals surface area contributed by atoms with Crippen LogP contribution in [-0.4, -0.2) is 28.4 Å². The summed E-state index contributed by atoms with van der Waals surface area (Å²) in [5.74, 6) is 1.61. The first-order chi connectivity index (χ1) is 10.3. The number of H-pyrrole nitrogens is 1. The minimum absolute atomic E-state index is 0.397. The third kappa shape index (κ3) is 1.52. The Labute approximate surface area is 124 Å². The van der Waals surface area contributed by atoms with Crippen molar-refractivity contribution in [1.82, 2.24) is 9.88 Å². The average Bonchev–Trinajstić information content (AvgIpc) is 3.03. The van der Waals surface area contributed by atoms with Gasteiger partial charge in [-0.1, -0.05) is 18.2 Å². The molecule has 3 nitrogen and oxygen atoms in total. The lowest BCUT2D eigenvalue weighted by atomic mass is 9.74. The summed E-state index contributed by atoms with van der Waals surface area (Å²) in [6.45, 7) is 0.962. The van der Waals surface area contributed by atoms with Crippen LogP contribution in [0.3, 0.4) is 0 Å². The summed E-state index contributed by atoms with van der Waals surface area (Å²) in [6.07, 6.45) is 5.29. The van der Waals surface area contributed by atoms with Gasteiger partial charge in [0.2, 0.25) is 5.91 Å². The van der Waals surface area contributed by atoms with E-state index in [4.69, 9.17) is 0 Å². The van der Waals surface area contributed by atoms with Crippen molar-refractivity contribution in [3.8, 4) is 0 Å². The summed E-state index contributed by atoms with van der Waals surface area (Å²) >= 11 is 0. The fraction of sp³-hybridized carbons (Fsp3) is 0.500. The number of carbonyl (C=O) groups is 1. The van der Waals surface area contributed by atoms with E-state index in [9.17, 15) is 4.79 Å². The summed E-state index contributed by atoms with van der Waals surface area (Å²) in [4.78, 5) is 18.2. The van der Waals surface area contributed by atoms with E-state index >= 15 is 0 Å². The Balaban J connectivity index is 1.71. The number of fused-ring (bicyclic) bond motifs is 4. The van der Waals surface area contributed by atoms with Crippen molar-refractivity contribution in [2.24, 2.45) is 5.92 Å². The standard InChI is InChI=1S/C18H20N2O/c21-16-7-3-4-11-10-15-17(13-8-9-20(16)18(11)13)12-5-1-2-6-14(12)19-15/h1-2,5-6,11,13,18-19H,3-4,7-10H2/t11-,13+,18-/m1/s1. The van der Waals surface area contributed by atoms with Gasteiger partial charge < -0.3 is 9.88 Å². The van der Waals surface area contributed by atoms with E-state index in [-0.39, 0.29) is 0 Å². The van der Waals surface area contributed by atoms with Crippen molar-refractivity contribution >= 4 is 16.8 Å². The molecule has 0 unspecified atom stereocenters. The number of nitrogens with one attached hydrogen (secondary N) is 1. The molecular weight excluding hydrogens is 260 g/mol. The number of aromatic amines is 1. The normalized spacial score (nSPS) is 31.1. The third-order valence-electron chi connectivity index (χ3n) is 5.89. The molecule has 1 aromatic carbocycles. The fourth-order valence-corrected chi connectivity index (χ4v) is 5.12. The second-order valence-corrected chi connectivity index (χ2v) is 6.89. The smallest absolute Gasteiger partial charge is 0.222 e. The van der Waals surface area contributed by atoms with Gasteiger partial charge in [0.25, 0.3) is 0 Å². The molecule has 3 heteroatoms. The summed E-state index contributed by atoms with van der Waals surface area (Å²) < 4.78 is 0. The lowest BCUT2D eigenvalue weighted by molar-refractivity contribution is -0.132. The van der Waals surface area contributed by atoms with Gasteiger partial charge in [-0.05, 0) is 43.2 Å². The topological polar surface area (TPSA) is 36.1 Å². The molecule has 2 aromatic rings. The molecule has 3 aliphatic rings. The Morgan fingerprint density at radius 3 is 3.05 bits per heavy atom. The number of amides is 1. The zero-order valence-electron chi connectivity index (χ0n) is 12.1. The summed E-state index contributed by atoms with van der Waals surface area (Å²) in [5, 5.41) is 1.38. The summed E-state index contributed by atoms with van der Waals surface area (Å²) in [5.41, 5.74) is 4.23. The predicted octanol–water partition coefficient (Wildman–Crippen LogP) is 3.21. The molecule has 2 fully saturated rings. The van der Waals surface area contributed by atoms with Gasteiger partial charge >= 0.3 is 0 Å². The quantitative estimate of drug-likeness (QED) is 0.790. The monoisotopic (exact) mass is 280 g/mol. The number of nitrogens with zero attached hydrogens (tertiary/aromatic N) is 1. The fourth-order valence-electron chi connectivity index (χ4n) is 5.12. The van der Waals surface area contributed by atoms with E-state index in [0.29, 0.717) is 23.8 Å². The molecule has 2 saturated heterocycles. The highest BCUT2D eigenvalue weighted by Gasteiger charge is 2.47. The molecule has 0 saturated carbocycles. The first kappa shape index (κ1) is 11.8. The van der Waals surface area contributed by atoms with Gasteiger partial charge in [-0.3, -0.25) is 4.79 Å². The lowest BCUT2D eigenvalue weighted by Gasteiger charge is -2.37. The van der Waals surface area contributed by atoms with Crippen LogP contribution in [0.15, 0.2) is 24.3 Å². The first-order valence-electron chi connectivity index (χ1n) is 8.22. The number of hydrogen-bond acceptors (Lipinski definition) is 1. The minimum atomic E-state index is 0.397. The Bertz CT molecular complexity index is 732. The maximum absolute atomic E-state index is 12.4. The van der Waals surface area contributed by atoms with Crippen molar-refractivity contribution < 1.29 is 4.79 Å². The van der Waals surface area contributed by atoms with Crippen LogP contribution in [-0.2, 0) is 11.2 Å². The molecule has 5 rings (SSSR count). The van der Waals surface area contributed by atoms with Crippen LogP contribution in [0.1, 0.15) is 42.9 Å². The largest absolute Gasteiger partial charge is 0.358 e. The zero-order valence-corrected chi connectivity index (χ0v) is 12.1. The maximum atomic E-state index is 12.4. The lowest BCUT2D eigenvalue weighted by Crippen LogP contribution is -2.43. The number of hydrogen-bond donors (Lipinski definition) is 1. The number of benzene rings is 1. The molecule has 1 N–H and O–H groups in total. The van der Waals surface area contributed by atoms with Crippen molar-refractivity contribution in [2.45, 2.75) is 44.1 Å². The van der Waals surface area contributed by atoms with E-state index in [2.05, 4.69) is 34.1 Å². The van der Waals surface area contributed by atoms with Gasteiger partial charge in [0.15, 0.2) is 0 Å². The summed E-state index contributed by atoms with van der Waals surface area (Å²) in [7, 11) is 0. The molecule has 2 aliphatic heterocycles. The van der Waals surface area contributed by atoms with Gasteiger partial charge in [-0.15, -0.1) is 0 Å². The molecule has 0 spiro atoms. The Kier molecular flexibility index (Phi) is 2.33. The number of rotatable bonds is 0.